The lowest BCUT2D eigenvalue weighted by Crippen LogP contribution is -2.16. The number of rotatable bonds is 3. The first kappa shape index (κ1) is 9.88. The molecule has 12 heavy (non-hydrogen) atoms. The van der Waals surface area contributed by atoms with Crippen LogP contribution in [0.15, 0.2) is 0 Å². The van der Waals surface area contributed by atoms with Gasteiger partial charge in [-0.1, -0.05) is 31.2 Å². The van der Waals surface area contributed by atoms with Gasteiger partial charge in [-0.2, -0.15) is 5.26 Å². The second-order valence-electron chi connectivity index (χ2n) is 3.16. The summed E-state index contributed by atoms with van der Waals surface area (Å²) in [5, 5.41) is 9.13. The third-order valence-electron chi connectivity index (χ3n) is 2.10. The van der Waals surface area contributed by atoms with Crippen LogP contribution in [0.3, 0.4) is 0 Å². The smallest absolute Gasteiger partial charge is 0.0962 e. The summed E-state index contributed by atoms with van der Waals surface area (Å²) in [6, 6.07) is 2.10. The molecule has 0 bridgehead atoms. The highest BCUT2D eigenvalue weighted by Crippen LogP contribution is 2.29. The van der Waals surface area contributed by atoms with Crippen LogP contribution in [-0.2, 0) is 0 Å². The van der Waals surface area contributed by atoms with Crippen LogP contribution < -0.4 is 0 Å². The first-order chi connectivity index (χ1) is 5.83. The fourth-order valence-corrected chi connectivity index (χ4v) is 2.60. The molecule has 0 aromatic carbocycles. The maximum atomic E-state index is 8.42. The van der Waals surface area contributed by atoms with E-state index < -0.39 is 0 Å². The summed E-state index contributed by atoms with van der Waals surface area (Å²) in [6.45, 7) is 0.432. The van der Waals surface area contributed by atoms with Gasteiger partial charge in [-0.05, 0) is 12.8 Å². The lowest BCUT2D eigenvalue weighted by atomic mass is 10.0. The molecule has 1 rings (SSSR count). The Morgan fingerprint density at radius 3 is 2.67 bits per heavy atom. The summed E-state index contributed by atoms with van der Waals surface area (Å²) in [5.41, 5.74) is 0. The summed E-state index contributed by atoms with van der Waals surface area (Å²) in [6.07, 6.45) is 6.66. The molecule has 1 radical (unpaired) electrons. The van der Waals surface area contributed by atoms with Crippen molar-refractivity contribution in [2.45, 2.75) is 37.4 Å². The molecule has 0 unspecified atom stereocenters. The predicted molar refractivity (Wildman–Crippen MR) is 52.1 cm³/mol. The molecule has 67 valence electrons. The van der Waals surface area contributed by atoms with Gasteiger partial charge in [0.2, 0.25) is 0 Å². The highest BCUT2D eigenvalue weighted by Gasteiger charge is 2.15. The summed E-state index contributed by atoms with van der Waals surface area (Å²) in [5.74, 6) is 0. The van der Waals surface area contributed by atoms with Gasteiger partial charge >= 0.3 is 0 Å². The lowest BCUT2D eigenvalue weighted by Gasteiger charge is -2.24. The highest BCUT2D eigenvalue weighted by molar-refractivity contribution is 7.97. The third-order valence-corrected chi connectivity index (χ3v) is 3.29. The van der Waals surface area contributed by atoms with Gasteiger partial charge in [0, 0.05) is 12.3 Å². The normalized spacial score (nSPS) is 19.4. The van der Waals surface area contributed by atoms with E-state index in [1.165, 1.54) is 32.1 Å². The number of nitriles is 1. The Bertz CT molecular complexity index is 158. The molecule has 0 heterocycles. The third kappa shape index (κ3) is 3.46. The largest absolute Gasteiger partial charge is 0.235 e. The van der Waals surface area contributed by atoms with E-state index in [1.54, 1.807) is 16.3 Å². The van der Waals surface area contributed by atoms with Crippen LogP contribution in [0, 0.1) is 18.4 Å². The van der Waals surface area contributed by atoms with Crippen molar-refractivity contribution >= 4 is 11.9 Å². The van der Waals surface area contributed by atoms with Gasteiger partial charge in [0.05, 0.1) is 12.6 Å². The van der Waals surface area contributed by atoms with Crippen molar-refractivity contribution in [2.24, 2.45) is 0 Å². The lowest BCUT2D eigenvalue weighted by molar-refractivity contribution is 0.508. The van der Waals surface area contributed by atoms with Crippen LogP contribution in [0.2, 0.25) is 0 Å². The van der Waals surface area contributed by atoms with Gasteiger partial charge in [0.25, 0.3) is 0 Å². The summed E-state index contributed by atoms with van der Waals surface area (Å²) in [4.78, 5) is 0. The van der Waals surface area contributed by atoms with Crippen molar-refractivity contribution in [3.63, 3.8) is 0 Å². The molecular formula is C9H15N2S. The molecule has 0 spiro atoms. The molecule has 0 saturated heterocycles. The zero-order valence-corrected chi connectivity index (χ0v) is 8.15. The first-order valence-electron chi connectivity index (χ1n) is 4.44. The molecule has 0 atom stereocenters. The highest BCUT2D eigenvalue weighted by atomic mass is 32.2. The van der Waals surface area contributed by atoms with Gasteiger partial charge in [-0.3, -0.25) is 0 Å². The number of hydrogen-bond donors (Lipinski definition) is 0. The Hall–Kier alpha value is -0.200. The quantitative estimate of drug-likeness (QED) is 0.497. The van der Waals surface area contributed by atoms with Crippen molar-refractivity contribution in [3.05, 3.63) is 7.05 Å². The Labute approximate surface area is 79.1 Å². The standard InChI is InChI=1S/C9H15N2S/c1-11(8-7-10)12-9-5-3-2-4-6-9/h9H,1-6,8H2. The Balaban J connectivity index is 2.16. The molecule has 1 fully saturated rings. The van der Waals surface area contributed by atoms with E-state index in [-0.39, 0.29) is 0 Å². The van der Waals surface area contributed by atoms with Crippen LogP contribution in [0.1, 0.15) is 32.1 Å². The minimum Gasteiger partial charge on any atom is -0.235 e. The molecule has 0 N–H and O–H groups in total. The van der Waals surface area contributed by atoms with Crippen molar-refractivity contribution in [3.8, 4) is 6.07 Å². The summed E-state index contributed by atoms with van der Waals surface area (Å²) in [7, 11) is 3.80. The molecule has 1 saturated carbocycles. The minimum atomic E-state index is 0.432. The van der Waals surface area contributed by atoms with Gasteiger partial charge in [-0.15, -0.1) is 0 Å². The monoisotopic (exact) mass is 183 g/mol. The fourth-order valence-electron chi connectivity index (χ4n) is 1.50. The minimum absolute atomic E-state index is 0.432. The SMILES string of the molecule is [CH2]N(CC#N)SC1CCCCC1. The maximum absolute atomic E-state index is 8.42. The Morgan fingerprint density at radius 2 is 2.08 bits per heavy atom. The molecule has 0 amide bonds. The summed E-state index contributed by atoms with van der Waals surface area (Å²) < 4.78 is 1.80. The molecule has 0 aromatic heterocycles. The van der Waals surface area contributed by atoms with E-state index in [0.29, 0.717) is 11.8 Å². The first-order valence-corrected chi connectivity index (χ1v) is 5.28. The second kappa shape index (κ2) is 5.45. The molecule has 0 aliphatic heterocycles. The van der Waals surface area contributed by atoms with Gasteiger partial charge in [-0.25, -0.2) is 4.31 Å². The van der Waals surface area contributed by atoms with Gasteiger partial charge in [0.15, 0.2) is 0 Å². The topological polar surface area (TPSA) is 27.0 Å². The molecule has 3 heteroatoms. The van der Waals surface area contributed by atoms with Crippen LogP contribution in [-0.4, -0.2) is 16.1 Å². The zero-order chi connectivity index (χ0) is 8.81. The van der Waals surface area contributed by atoms with E-state index >= 15 is 0 Å². The number of hydrogen-bond acceptors (Lipinski definition) is 3. The van der Waals surface area contributed by atoms with E-state index in [9.17, 15) is 0 Å². The zero-order valence-electron chi connectivity index (χ0n) is 7.33. The van der Waals surface area contributed by atoms with Crippen LogP contribution in [0.5, 0.6) is 0 Å². The van der Waals surface area contributed by atoms with E-state index in [1.807, 2.05) is 0 Å². The van der Waals surface area contributed by atoms with E-state index in [4.69, 9.17) is 5.26 Å². The van der Waals surface area contributed by atoms with Crippen molar-refractivity contribution in [1.82, 2.24) is 4.31 Å². The van der Waals surface area contributed by atoms with E-state index in [2.05, 4.69) is 13.1 Å². The second-order valence-corrected chi connectivity index (χ2v) is 4.56. The Morgan fingerprint density at radius 1 is 1.42 bits per heavy atom. The molecule has 0 aromatic rings. The fraction of sp³-hybridized carbons (Fsp3) is 0.778. The maximum Gasteiger partial charge on any atom is 0.0962 e. The molecule has 1 aliphatic carbocycles. The van der Waals surface area contributed by atoms with Crippen LogP contribution >= 0.6 is 11.9 Å². The van der Waals surface area contributed by atoms with Gasteiger partial charge < -0.3 is 0 Å². The molecule has 1 aliphatic rings. The van der Waals surface area contributed by atoms with Crippen molar-refractivity contribution < 1.29 is 0 Å². The van der Waals surface area contributed by atoms with Crippen molar-refractivity contribution in [1.29, 1.82) is 5.26 Å². The molecular weight excluding hydrogens is 168 g/mol. The average molecular weight is 183 g/mol. The number of nitrogens with zero attached hydrogens (tertiary/aromatic N) is 2. The predicted octanol–water partition coefficient (Wildman–Crippen LogP) is 2.58. The average Bonchev–Trinajstić information content (AvgIpc) is 2.06. The molecule has 2 nitrogen and oxygen atoms in total. The van der Waals surface area contributed by atoms with E-state index in [0.717, 1.165) is 0 Å². The van der Waals surface area contributed by atoms with Gasteiger partial charge in [0.1, 0.15) is 0 Å². The Kier molecular flexibility index (Phi) is 4.49. The van der Waals surface area contributed by atoms with Crippen LogP contribution in [0.25, 0.3) is 0 Å². The summed E-state index contributed by atoms with van der Waals surface area (Å²) >= 11 is 1.74. The van der Waals surface area contributed by atoms with Crippen molar-refractivity contribution in [2.75, 3.05) is 6.54 Å². The van der Waals surface area contributed by atoms with Crippen LogP contribution in [0.4, 0.5) is 0 Å².